The average molecular weight is 216 g/mol. The Morgan fingerprint density at radius 2 is 2.36 bits per heavy atom. The van der Waals surface area contributed by atoms with E-state index in [-0.39, 0.29) is 0 Å². The first-order valence-electron chi connectivity index (χ1n) is 5.19. The maximum atomic E-state index is 5.32. The monoisotopic (exact) mass is 216 g/mol. The third kappa shape index (κ3) is 3.42. The van der Waals surface area contributed by atoms with E-state index in [0.717, 1.165) is 31.3 Å². The van der Waals surface area contributed by atoms with Crippen LogP contribution < -0.4 is 5.32 Å². The van der Waals surface area contributed by atoms with Gasteiger partial charge in [-0.1, -0.05) is 13.8 Å². The van der Waals surface area contributed by atoms with E-state index >= 15 is 0 Å². The molecule has 0 aromatic heterocycles. The quantitative estimate of drug-likeness (QED) is 0.717. The summed E-state index contributed by atoms with van der Waals surface area (Å²) in [7, 11) is 2.04. The van der Waals surface area contributed by atoms with Crippen molar-refractivity contribution in [1.82, 2.24) is 10.2 Å². The Morgan fingerprint density at radius 3 is 2.86 bits per heavy atom. The summed E-state index contributed by atoms with van der Waals surface area (Å²) < 4.78 is 5.32. The molecule has 1 rings (SSSR count). The van der Waals surface area contributed by atoms with Crippen LogP contribution in [0.4, 0.5) is 0 Å². The van der Waals surface area contributed by atoms with Gasteiger partial charge in [-0.2, -0.15) is 0 Å². The zero-order valence-corrected chi connectivity index (χ0v) is 10.1. The van der Waals surface area contributed by atoms with Crippen LogP contribution in [0.15, 0.2) is 0 Å². The van der Waals surface area contributed by atoms with Gasteiger partial charge in [0.25, 0.3) is 0 Å². The summed E-state index contributed by atoms with van der Waals surface area (Å²) in [5, 5.41) is 4.10. The van der Waals surface area contributed by atoms with Crippen molar-refractivity contribution in [3.05, 3.63) is 0 Å². The number of hydrogen-bond acceptors (Lipinski definition) is 2. The average Bonchev–Trinajstić information content (AvgIpc) is 2.65. The van der Waals surface area contributed by atoms with Gasteiger partial charge in [0, 0.05) is 20.2 Å². The van der Waals surface area contributed by atoms with Gasteiger partial charge in [0.05, 0.1) is 12.6 Å². The summed E-state index contributed by atoms with van der Waals surface area (Å²) in [6.45, 7) is 6.96. The van der Waals surface area contributed by atoms with Gasteiger partial charge in [0.1, 0.15) is 0 Å². The van der Waals surface area contributed by atoms with Crippen molar-refractivity contribution in [2.75, 3.05) is 26.8 Å². The highest BCUT2D eigenvalue weighted by atomic mass is 32.1. The Bertz CT molecular complexity index is 191. The van der Waals surface area contributed by atoms with Crippen LogP contribution in [0.25, 0.3) is 0 Å². The molecule has 0 bridgehead atoms. The molecule has 0 aromatic rings. The molecular weight excluding hydrogens is 196 g/mol. The SMILES string of the molecule is CC(C)CNC(=S)N(C)C1CCOC1. The Balaban J connectivity index is 2.28. The molecular formula is C10H20N2OS. The maximum absolute atomic E-state index is 5.32. The Labute approximate surface area is 91.8 Å². The van der Waals surface area contributed by atoms with Gasteiger partial charge < -0.3 is 15.0 Å². The van der Waals surface area contributed by atoms with E-state index < -0.39 is 0 Å². The highest BCUT2D eigenvalue weighted by Gasteiger charge is 2.21. The summed E-state index contributed by atoms with van der Waals surface area (Å²) in [4.78, 5) is 2.12. The van der Waals surface area contributed by atoms with Crippen molar-refractivity contribution in [1.29, 1.82) is 0 Å². The van der Waals surface area contributed by atoms with E-state index in [1.165, 1.54) is 0 Å². The van der Waals surface area contributed by atoms with Crippen LogP contribution in [0, 0.1) is 5.92 Å². The molecule has 1 saturated heterocycles. The molecule has 1 unspecified atom stereocenters. The molecule has 0 aliphatic carbocycles. The third-order valence-corrected chi connectivity index (χ3v) is 2.87. The lowest BCUT2D eigenvalue weighted by Crippen LogP contribution is -2.44. The first kappa shape index (κ1) is 11.7. The second-order valence-corrected chi connectivity index (χ2v) is 4.59. The lowest BCUT2D eigenvalue weighted by atomic mass is 10.2. The second-order valence-electron chi connectivity index (χ2n) is 4.21. The van der Waals surface area contributed by atoms with Crippen molar-refractivity contribution >= 4 is 17.3 Å². The number of rotatable bonds is 3. The fourth-order valence-electron chi connectivity index (χ4n) is 1.41. The molecule has 1 heterocycles. The predicted molar refractivity (Wildman–Crippen MR) is 62.4 cm³/mol. The van der Waals surface area contributed by atoms with Crippen molar-refractivity contribution in [3.63, 3.8) is 0 Å². The van der Waals surface area contributed by atoms with Gasteiger partial charge in [0.2, 0.25) is 0 Å². The Hall–Kier alpha value is -0.350. The van der Waals surface area contributed by atoms with Crippen LogP contribution in [0.5, 0.6) is 0 Å². The third-order valence-electron chi connectivity index (χ3n) is 2.44. The number of ether oxygens (including phenoxy) is 1. The van der Waals surface area contributed by atoms with Gasteiger partial charge in [-0.15, -0.1) is 0 Å². The van der Waals surface area contributed by atoms with Gasteiger partial charge >= 0.3 is 0 Å². The summed E-state index contributed by atoms with van der Waals surface area (Å²) >= 11 is 5.29. The van der Waals surface area contributed by atoms with Crippen LogP contribution in [0.2, 0.25) is 0 Å². The van der Waals surface area contributed by atoms with Crippen molar-refractivity contribution < 1.29 is 4.74 Å². The van der Waals surface area contributed by atoms with Crippen LogP contribution in [0.3, 0.4) is 0 Å². The molecule has 14 heavy (non-hydrogen) atoms. The molecule has 3 nitrogen and oxygen atoms in total. The van der Waals surface area contributed by atoms with E-state index in [1.54, 1.807) is 0 Å². The van der Waals surface area contributed by atoms with Crippen LogP contribution in [-0.4, -0.2) is 42.9 Å². The number of nitrogens with zero attached hydrogens (tertiary/aromatic N) is 1. The minimum Gasteiger partial charge on any atom is -0.379 e. The molecule has 0 radical (unpaired) electrons. The van der Waals surface area contributed by atoms with E-state index in [1.807, 2.05) is 7.05 Å². The van der Waals surface area contributed by atoms with E-state index in [0.29, 0.717) is 12.0 Å². The van der Waals surface area contributed by atoms with Crippen LogP contribution >= 0.6 is 12.2 Å². The summed E-state index contributed by atoms with van der Waals surface area (Å²) in [6, 6.07) is 0.460. The van der Waals surface area contributed by atoms with Crippen molar-refractivity contribution in [2.45, 2.75) is 26.3 Å². The Kier molecular flexibility index (Phi) is 4.62. The van der Waals surface area contributed by atoms with Gasteiger partial charge in [0.15, 0.2) is 5.11 Å². The lowest BCUT2D eigenvalue weighted by molar-refractivity contribution is 0.179. The summed E-state index contributed by atoms with van der Waals surface area (Å²) in [5.74, 6) is 0.626. The standard InChI is InChI=1S/C10H20N2OS/c1-8(2)6-11-10(14)12(3)9-4-5-13-7-9/h8-9H,4-7H2,1-3H3,(H,11,14). The van der Waals surface area contributed by atoms with E-state index in [9.17, 15) is 0 Å². The van der Waals surface area contributed by atoms with Gasteiger partial charge in [-0.25, -0.2) is 0 Å². The largest absolute Gasteiger partial charge is 0.379 e. The fourth-order valence-corrected chi connectivity index (χ4v) is 1.64. The molecule has 0 amide bonds. The molecule has 0 saturated carbocycles. The highest BCUT2D eigenvalue weighted by Crippen LogP contribution is 2.10. The predicted octanol–water partition coefficient (Wildman–Crippen LogP) is 1.24. The number of thiocarbonyl (C=S) groups is 1. The molecule has 0 spiro atoms. The lowest BCUT2D eigenvalue weighted by Gasteiger charge is -2.26. The van der Waals surface area contributed by atoms with Crippen molar-refractivity contribution in [3.8, 4) is 0 Å². The molecule has 1 aliphatic rings. The van der Waals surface area contributed by atoms with Crippen LogP contribution in [0.1, 0.15) is 20.3 Å². The summed E-state index contributed by atoms with van der Waals surface area (Å²) in [5.41, 5.74) is 0. The second kappa shape index (κ2) is 5.51. The molecule has 0 aromatic carbocycles. The molecule has 1 aliphatic heterocycles. The molecule has 1 N–H and O–H groups in total. The maximum Gasteiger partial charge on any atom is 0.169 e. The van der Waals surface area contributed by atoms with Gasteiger partial charge in [-0.3, -0.25) is 0 Å². The Morgan fingerprint density at radius 1 is 1.64 bits per heavy atom. The smallest absolute Gasteiger partial charge is 0.169 e. The number of likely N-dealkylation sites (N-methyl/N-ethyl adjacent to an activating group) is 1. The van der Waals surface area contributed by atoms with Gasteiger partial charge in [-0.05, 0) is 24.6 Å². The molecule has 1 fully saturated rings. The summed E-state index contributed by atoms with van der Waals surface area (Å²) in [6.07, 6.45) is 1.08. The zero-order valence-electron chi connectivity index (χ0n) is 9.25. The normalized spacial score (nSPS) is 21.3. The van der Waals surface area contributed by atoms with Crippen LogP contribution in [-0.2, 0) is 4.74 Å². The molecule has 82 valence electrons. The highest BCUT2D eigenvalue weighted by molar-refractivity contribution is 7.80. The fraction of sp³-hybridized carbons (Fsp3) is 0.900. The van der Waals surface area contributed by atoms with E-state index in [2.05, 4.69) is 24.1 Å². The van der Waals surface area contributed by atoms with E-state index in [4.69, 9.17) is 17.0 Å². The molecule has 4 heteroatoms. The minimum atomic E-state index is 0.460. The first-order chi connectivity index (χ1) is 6.61. The van der Waals surface area contributed by atoms with Crippen molar-refractivity contribution in [2.24, 2.45) is 5.92 Å². The first-order valence-corrected chi connectivity index (χ1v) is 5.60. The topological polar surface area (TPSA) is 24.5 Å². The zero-order chi connectivity index (χ0) is 10.6. The minimum absolute atomic E-state index is 0.460. The molecule has 1 atom stereocenters. The number of nitrogens with one attached hydrogen (secondary N) is 1. The number of hydrogen-bond donors (Lipinski definition) is 1.